The van der Waals surface area contributed by atoms with Gasteiger partial charge in [0.05, 0.1) is 22.3 Å². The van der Waals surface area contributed by atoms with Gasteiger partial charge < -0.3 is 9.51 Å². The molecule has 0 amide bonds. The Bertz CT molecular complexity index is 3530. The molecular weight excluding hydrogens is 928 g/mol. The molecule has 0 aliphatic rings. The van der Waals surface area contributed by atoms with Gasteiger partial charge in [0.25, 0.3) is 0 Å². The molecular formula is C55H45N4OPt-. The van der Waals surface area contributed by atoms with Crippen LogP contribution in [0.25, 0.3) is 99.4 Å². The minimum absolute atomic E-state index is 0. The first-order valence-electron chi connectivity index (χ1n) is 20.8. The molecule has 0 bridgehead atoms. The second-order valence-corrected chi connectivity index (χ2v) is 18.5. The van der Waals surface area contributed by atoms with Gasteiger partial charge in [0.1, 0.15) is 11.6 Å². The average molecular weight is 973 g/mol. The van der Waals surface area contributed by atoms with Gasteiger partial charge in [-0.1, -0.05) is 143 Å². The summed E-state index contributed by atoms with van der Waals surface area (Å²) in [5.74, 6) is 0.942. The summed E-state index contributed by atoms with van der Waals surface area (Å²) in [4.78, 5) is 10.7. The summed E-state index contributed by atoms with van der Waals surface area (Å²) < 4.78 is 4.65. The van der Waals surface area contributed by atoms with E-state index in [9.17, 15) is 5.11 Å². The maximum atomic E-state index is 12.4. The summed E-state index contributed by atoms with van der Waals surface area (Å²) in [5.41, 5.74) is 14.6. The number of hydrogen-bond donors (Lipinski definition) is 1. The zero-order chi connectivity index (χ0) is 41.2. The number of aromatic hydroxyl groups is 1. The number of phenolic OH excluding ortho intramolecular Hbond substituents is 1. The van der Waals surface area contributed by atoms with Crippen molar-refractivity contribution in [2.24, 2.45) is 0 Å². The number of hydrogen-bond acceptors (Lipinski definition) is 3. The van der Waals surface area contributed by atoms with Crippen molar-refractivity contribution in [3.63, 3.8) is 0 Å². The third-order valence-corrected chi connectivity index (χ3v) is 12.4. The van der Waals surface area contributed by atoms with Crippen molar-refractivity contribution < 1.29 is 26.2 Å². The van der Waals surface area contributed by atoms with E-state index in [1.807, 2.05) is 6.20 Å². The zero-order valence-corrected chi connectivity index (χ0v) is 37.6. The van der Waals surface area contributed by atoms with Crippen LogP contribution in [0.4, 0.5) is 0 Å². The van der Waals surface area contributed by atoms with Crippen molar-refractivity contribution >= 4 is 60.0 Å². The van der Waals surface area contributed by atoms with E-state index in [0.29, 0.717) is 11.4 Å². The molecule has 0 aliphatic heterocycles. The number of fused-ring (bicyclic) bond motifs is 7. The molecule has 0 saturated carbocycles. The van der Waals surface area contributed by atoms with Crippen LogP contribution < -0.4 is 0 Å². The van der Waals surface area contributed by atoms with E-state index in [1.54, 1.807) is 0 Å². The average Bonchev–Trinajstić information content (AvgIpc) is 3.79. The summed E-state index contributed by atoms with van der Waals surface area (Å²) in [6.45, 7) is 15.3. The van der Waals surface area contributed by atoms with Gasteiger partial charge in [-0.25, -0.2) is 4.98 Å². The Kier molecular flexibility index (Phi) is 8.84. The van der Waals surface area contributed by atoms with Gasteiger partial charge in [-0.2, -0.15) is 0 Å². The fourth-order valence-electron chi connectivity index (χ4n) is 9.41. The summed E-state index contributed by atoms with van der Waals surface area (Å²) in [7, 11) is 0. The number of pyridine rings is 2. The fourth-order valence-corrected chi connectivity index (χ4v) is 9.41. The Labute approximate surface area is 369 Å². The quantitative estimate of drug-likeness (QED) is 0.109. The van der Waals surface area contributed by atoms with Crippen molar-refractivity contribution in [1.29, 1.82) is 0 Å². The van der Waals surface area contributed by atoms with Crippen LogP contribution in [0.2, 0.25) is 0 Å². The minimum atomic E-state index is -0.314. The van der Waals surface area contributed by atoms with Gasteiger partial charge in [-0.05, 0) is 81.6 Å². The topological polar surface area (TPSA) is 55.3 Å². The first-order valence-corrected chi connectivity index (χ1v) is 20.8. The summed E-state index contributed by atoms with van der Waals surface area (Å²) >= 11 is 0. The number of phenols is 1. The van der Waals surface area contributed by atoms with E-state index in [2.05, 4.69) is 197 Å². The predicted octanol–water partition coefficient (Wildman–Crippen LogP) is 14.1. The predicted molar refractivity (Wildman–Crippen MR) is 250 cm³/mol. The molecule has 5 nitrogen and oxygen atoms in total. The number of para-hydroxylation sites is 2. The van der Waals surface area contributed by atoms with Gasteiger partial charge in [0.15, 0.2) is 0 Å². The van der Waals surface area contributed by atoms with Crippen molar-refractivity contribution in [1.82, 2.24) is 18.9 Å². The van der Waals surface area contributed by atoms with Crippen molar-refractivity contribution in [2.45, 2.75) is 59.3 Å². The molecule has 4 heterocycles. The van der Waals surface area contributed by atoms with Gasteiger partial charge in [-0.3, -0.25) is 9.55 Å². The van der Waals surface area contributed by atoms with Crippen LogP contribution in [-0.4, -0.2) is 24.0 Å². The van der Waals surface area contributed by atoms with E-state index in [0.717, 1.165) is 77.3 Å². The normalized spacial score (nSPS) is 12.4. The Morgan fingerprint density at radius 2 is 1.39 bits per heavy atom. The minimum Gasteiger partial charge on any atom is -0.507 e. The number of aromatic nitrogens is 4. The van der Waals surface area contributed by atoms with E-state index in [1.165, 1.54) is 27.4 Å². The molecule has 0 fully saturated rings. The number of benzene rings is 7. The smallest absolute Gasteiger partial charge is 0.148 e. The summed E-state index contributed by atoms with van der Waals surface area (Å²) in [6.07, 6.45) is 1.91. The van der Waals surface area contributed by atoms with Crippen LogP contribution in [-0.2, 0) is 31.9 Å². The molecule has 11 rings (SSSR count). The zero-order valence-electron chi connectivity index (χ0n) is 35.3. The molecule has 0 aliphatic carbocycles. The van der Waals surface area contributed by atoms with Crippen molar-refractivity contribution in [2.75, 3.05) is 0 Å². The molecule has 1 N–H and O–H groups in total. The van der Waals surface area contributed by atoms with Crippen LogP contribution in [0.15, 0.2) is 140 Å². The Balaban J connectivity index is 0.00000445. The molecule has 61 heavy (non-hydrogen) atoms. The van der Waals surface area contributed by atoms with Gasteiger partial charge in [-0.15, -0.1) is 23.8 Å². The van der Waals surface area contributed by atoms with Crippen LogP contribution in [0.1, 0.15) is 58.2 Å². The van der Waals surface area contributed by atoms with Crippen LogP contribution in [0, 0.1) is 13.0 Å². The molecule has 6 heteroatoms. The van der Waals surface area contributed by atoms with Crippen LogP contribution in [0.3, 0.4) is 0 Å². The maximum absolute atomic E-state index is 12.4. The molecule has 0 spiro atoms. The molecule has 302 valence electrons. The van der Waals surface area contributed by atoms with Gasteiger partial charge in [0.2, 0.25) is 0 Å². The van der Waals surface area contributed by atoms with E-state index < -0.39 is 0 Å². The molecule has 0 saturated heterocycles. The Hall–Kier alpha value is -6.29. The summed E-state index contributed by atoms with van der Waals surface area (Å²) in [6, 6.07) is 51.4. The third-order valence-electron chi connectivity index (χ3n) is 12.4. The molecule has 4 aromatic heterocycles. The Morgan fingerprint density at radius 1 is 0.623 bits per heavy atom. The van der Waals surface area contributed by atoms with Crippen LogP contribution in [0.5, 0.6) is 5.75 Å². The number of rotatable bonds is 4. The monoisotopic (exact) mass is 972 g/mol. The number of imidazole rings is 1. The van der Waals surface area contributed by atoms with Crippen LogP contribution >= 0.6 is 0 Å². The molecule has 0 unspecified atom stereocenters. The van der Waals surface area contributed by atoms with E-state index in [4.69, 9.17) is 9.97 Å². The third kappa shape index (κ3) is 5.92. The second-order valence-electron chi connectivity index (χ2n) is 18.5. The number of nitrogens with zero attached hydrogens (tertiary/aromatic N) is 4. The maximum Gasteiger partial charge on any atom is 0.148 e. The van der Waals surface area contributed by atoms with E-state index in [-0.39, 0.29) is 37.6 Å². The first-order chi connectivity index (χ1) is 28.9. The largest absolute Gasteiger partial charge is 0.507 e. The standard InChI is InChI=1S/C55H45N4O.Pt/c1-32-20-24-45(40(28-32)33-14-9-8-10-15-33)59-47-19-13-17-37(49(47)57-53(59)42-30-36(54(2,3)4)31-43(52(42)60)55(5,6)7)35-22-25-46-41(29-35)50-48-34(26-27-56-50)21-23-39-38-16-11-12-18-44(38)58(46)51(39)48;/h8-28,30-31,60H,1-7H3;/q-1;. The SMILES string of the molecule is Cc1ccc(-n2c(-c3cc(C(C)(C)C)cc(C(C)(C)C)c3O)nc3c(-c4[c-]c5c6nccc7ccc8c9ccccc9n(c5cc4)c8c76)cccc32)c(-c2ccccc2)c1.[Pt]. The van der Waals surface area contributed by atoms with Gasteiger partial charge >= 0.3 is 0 Å². The first kappa shape index (κ1) is 38.9. The molecule has 7 aromatic carbocycles. The number of aryl methyl sites for hydroxylation is 1. The Morgan fingerprint density at radius 3 is 2.18 bits per heavy atom. The second kappa shape index (κ2) is 13.9. The molecule has 11 aromatic rings. The summed E-state index contributed by atoms with van der Waals surface area (Å²) in [5, 5.41) is 18.1. The van der Waals surface area contributed by atoms with Crippen molar-refractivity contribution in [3.05, 3.63) is 162 Å². The van der Waals surface area contributed by atoms with E-state index >= 15 is 0 Å². The fraction of sp³-hybridized carbons (Fsp3) is 0.164. The van der Waals surface area contributed by atoms with Crippen molar-refractivity contribution in [3.8, 4) is 45.1 Å². The molecule has 0 atom stereocenters. The van der Waals surface area contributed by atoms with Gasteiger partial charge in [0, 0.05) is 65.7 Å². The molecule has 0 radical (unpaired) electrons.